The predicted octanol–water partition coefficient (Wildman–Crippen LogP) is 5.65. The molecule has 9 nitrogen and oxygen atoms in total. The molecule has 0 aliphatic heterocycles. The minimum Gasteiger partial charge on any atom is -0.487 e. The Hall–Kier alpha value is -4.22. The average molecular weight is 522 g/mol. The van der Waals surface area contributed by atoms with Crippen molar-refractivity contribution >= 4 is 12.1 Å². The van der Waals surface area contributed by atoms with Gasteiger partial charge >= 0.3 is 18.4 Å². The molecule has 0 saturated heterocycles. The molecule has 0 radical (unpaired) electrons. The van der Waals surface area contributed by atoms with E-state index in [1.807, 2.05) is 6.92 Å². The molecule has 1 amide bonds. The zero-order valence-electron chi connectivity index (χ0n) is 20.5. The lowest BCUT2D eigenvalue weighted by Crippen LogP contribution is -2.37. The first-order valence-electron chi connectivity index (χ1n) is 11.0. The van der Waals surface area contributed by atoms with Crippen LogP contribution in [0.4, 0.5) is 18.0 Å². The summed E-state index contributed by atoms with van der Waals surface area (Å²) in [6.45, 7) is 4.67. The molecule has 0 spiro atoms. The number of carbonyl (C=O) groups excluding carboxylic acids is 1. The van der Waals surface area contributed by atoms with E-state index < -0.39 is 31.0 Å². The number of halogens is 3. The van der Waals surface area contributed by atoms with Crippen molar-refractivity contribution in [3.05, 3.63) is 65.0 Å². The molecule has 198 valence electrons. The number of hydrogen-bond donors (Lipinski definition) is 1. The molecule has 1 heterocycles. The molecule has 12 heteroatoms. The van der Waals surface area contributed by atoms with E-state index in [4.69, 9.17) is 13.9 Å². The molecule has 0 saturated carbocycles. The molecule has 0 unspecified atom stereocenters. The molecule has 0 fully saturated rings. The lowest BCUT2D eigenvalue weighted by atomic mass is 10.0. The highest BCUT2D eigenvalue weighted by Gasteiger charge is 2.31. The van der Waals surface area contributed by atoms with Crippen molar-refractivity contribution in [2.24, 2.45) is 0 Å². The van der Waals surface area contributed by atoms with Crippen LogP contribution in [0.5, 0.6) is 11.5 Å². The van der Waals surface area contributed by atoms with Crippen molar-refractivity contribution in [2.45, 2.75) is 39.8 Å². The highest BCUT2D eigenvalue weighted by Crippen LogP contribution is 2.29. The summed E-state index contributed by atoms with van der Waals surface area (Å²) in [5, 5.41) is 9.17. The first kappa shape index (κ1) is 27.4. The second-order valence-corrected chi connectivity index (χ2v) is 8.13. The summed E-state index contributed by atoms with van der Waals surface area (Å²) in [5.41, 5.74) is 2.39. The Morgan fingerprint density at radius 1 is 1.11 bits per heavy atom. The number of rotatable bonds is 9. The fourth-order valence-corrected chi connectivity index (χ4v) is 3.54. The van der Waals surface area contributed by atoms with Gasteiger partial charge in [0.05, 0.1) is 13.2 Å². The average Bonchev–Trinajstić information content (AvgIpc) is 3.19. The number of aryl methyl sites for hydroxylation is 2. The van der Waals surface area contributed by atoms with Crippen molar-refractivity contribution in [3.8, 4) is 23.0 Å². The van der Waals surface area contributed by atoms with E-state index in [0.29, 0.717) is 28.3 Å². The van der Waals surface area contributed by atoms with Crippen molar-refractivity contribution in [1.82, 2.24) is 9.88 Å². The minimum absolute atomic E-state index is 0.0255. The van der Waals surface area contributed by atoms with Gasteiger partial charge < -0.3 is 23.7 Å². The second kappa shape index (κ2) is 11.2. The number of aromatic nitrogens is 1. The quantitative estimate of drug-likeness (QED) is 0.384. The lowest BCUT2D eigenvalue weighted by Gasteiger charge is -2.27. The number of carboxylic acids is 1. The summed E-state index contributed by atoms with van der Waals surface area (Å²) in [7, 11) is 1.17. The highest BCUT2D eigenvalue weighted by atomic mass is 19.4. The fraction of sp³-hybridized carbons (Fsp3) is 0.320. The molecule has 2 aromatic carbocycles. The molecule has 3 aromatic rings. The van der Waals surface area contributed by atoms with E-state index in [2.05, 4.69) is 9.72 Å². The number of amides is 1. The van der Waals surface area contributed by atoms with Crippen LogP contribution in [0, 0.1) is 13.8 Å². The van der Waals surface area contributed by atoms with E-state index in [1.165, 1.54) is 19.2 Å². The van der Waals surface area contributed by atoms with E-state index in [9.17, 15) is 27.9 Å². The Morgan fingerprint density at radius 2 is 1.78 bits per heavy atom. The van der Waals surface area contributed by atoms with Crippen LogP contribution in [0.3, 0.4) is 0 Å². The van der Waals surface area contributed by atoms with Crippen molar-refractivity contribution in [2.75, 3.05) is 13.7 Å². The molecule has 1 N–H and O–H groups in total. The van der Waals surface area contributed by atoms with Crippen LogP contribution >= 0.6 is 0 Å². The van der Waals surface area contributed by atoms with Gasteiger partial charge in [-0.25, -0.2) is 9.78 Å². The zero-order chi connectivity index (χ0) is 27.3. The Kier molecular flexibility index (Phi) is 8.31. The summed E-state index contributed by atoms with van der Waals surface area (Å²) in [6, 6.07) is 9.77. The van der Waals surface area contributed by atoms with Crippen LogP contribution in [0.2, 0.25) is 0 Å². The van der Waals surface area contributed by atoms with Crippen LogP contribution in [-0.2, 0) is 16.1 Å². The van der Waals surface area contributed by atoms with Crippen LogP contribution < -0.4 is 9.47 Å². The third kappa shape index (κ3) is 7.38. The maximum Gasteiger partial charge on any atom is 0.573 e. The van der Waals surface area contributed by atoms with Crippen molar-refractivity contribution < 1.29 is 46.5 Å². The third-order valence-electron chi connectivity index (χ3n) is 5.34. The lowest BCUT2D eigenvalue weighted by molar-refractivity contribution is -0.274. The SMILES string of the molecule is COC(=O)N(CC(=O)O)[C@@H](C)c1cc(C)cc(OCc2nc(-c3ccc(OC(F)(F)F)cc3)oc2C)c1. The summed E-state index contributed by atoms with van der Waals surface area (Å²) in [6.07, 6.45) is -5.56. The number of hydrogen-bond acceptors (Lipinski definition) is 7. The van der Waals surface area contributed by atoms with Crippen LogP contribution in [0.25, 0.3) is 11.5 Å². The Morgan fingerprint density at radius 3 is 2.38 bits per heavy atom. The smallest absolute Gasteiger partial charge is 0.487 e. The van der Waals surface area contributed by atoms with Gasteiger partial charge in [0.25, 0.3) is 0 Å². The van der Waals surface area contributed by atoms with E-state index >= 15 is 0 Å². The van der Waals surface area contributed by atoms with Gasteiger partial charge in [0.1, 0.15) is 36.1 Å². The molecular weight excluding hydrogens is 497 g/mol. The number of benzene rings is 2. The van der Waals surface area contributed by atoms with Gasteiger partial charge in [0.15, 0.2) is 0 Å². The molecule has 0 aliphatic rings. The van der Waals surface area contributed by atoms with Crippen LogP contribution in [-0.4, -0.2) is 47.1 Å². The Labute approximate surface area is 210 Å². The minimum atomic E-state index is -4.78. The second-order valence-electron chi connectivity index (χ2n) is 8.13. The van der Waals surface area contributed by atoms with Gasteiger partial charge in [-0.15, -0.1) is 13.2 Å². The largest absolute Gasteiger partial charge is 0.573 e. The fourth-order valence-electron chi connectivity index (χ4n) is 3.54. The van der Waals surface area contributed by atoms with Crippen molar-refractivity contribution in [3.63, 3.8) is 0 Å². The predicted molar refractivity (Wildman–Crippen MR) is 124 cm³/mol. The van der Waals surface area contributed by atoms with Crippen molar-refractivity contribution in [1.29, 1.82) is 0 Å². The molecule has 0 aliphatic carbocycles. The Balaban J connectivity index is 1.75. The number of alkyl halides is 3. The third-order valence-corrected chi connectivity index (χ3v) is 5.34. The number of aliphatic carboxylic acids is 1. The van der Waals surface area contributed by atoms with E-state index in [0.717, 1.165) is 22.6 Å². The summed E-state index contributed by atoms with van der Waals surface area (Å²) < 4.78 is 57.2. The standard InChI is InChI=1S/C25H25F3N2O7/c1-14-9-18(15(2)30(12-22(31)32)24(33)34-4)11-20(10-14)35-13-21-16(3)36-23(29-21)17-5-7-19(8-6-17)37-25(26,27)28/h5-11,15H,12-13H2,1-4H3,(H,31,32)/t15-/m0/s1. The summed E-state index contributed by atoms with van der Waals surface area (Å²) >= 11 is 0. The normalized spacial score (nSPS) is 12.1. The molecule has 3 rings (SSSR count). The number of carbonyl (C=O) groups is 2. The zero-order valence-corrected chi connectivity index (χ0v) is 20.5. The molecule has 1 atom stereocenters. The monoisotopic (exact) mass is 522 g/mol. The summed E-state index contributed by atoms with van der Waals surface area (Å²) in [5.74, 6) is -0.414. The molecule has 0 bridgehead atoms. The number of carboxylic acid groups (broad SMARTS) is 1. The maximum atomic E-state index is 12.4. The van der Waals surface area contributed by atoms with Gasteiger partial charge in [-0.05, 0) is 68.3 Å². The van der Waals surface area contributed by atoms with Gasteiger partial charge in [0, 0.05) is 5.56 Å². The number of ether oxygens (including phenoxy) is 3. The summed E-state index contributed by atoms with van der Waals surface area (Å²) in [4.78, 5) is 28.8. The topological polar surface area (TPSA) is 111 Å². The highest BCUT2D eigenvalue weighted by molar-refractivity contribution is 5.77. The van der Waals surface area contributed by atoms with Gasteiger partial charge in [-0.1, -0.05) is 6.07 Å². The molecule has 37 heavy (non-hydrogen) atoms. The number of nitrogens with zero attached hydrogens (tertiary/aromatic N) is 2. The van der Waals surface area contributed by atoms with Gasteiger partial charge in [-0.2, -0.15) is 0 Å². The van der Waals surface area contributed by atoms with Crippen LogP contribution in [0.1, 0.15) is 35.5 Å². The number of oxazole rings is 1. The first-order valence-corrected chi connectivity index (χ1v) is 11.0. The van der Waals surface area contributed by atoms with Gasteiger partial charge in [-0.3, -0.25) is 9.69 Å². The van der Waals surface area contributed by atoms with Crippen LogP contribution in [0.15, 0.2) is 46.9 Å². The van der Waals surface area contributed by atoms with Gasteiger partial charge in [0.2, 0.25) is 5.89 Å². The maximum absolute atomic E-state index is 12.4. The first-order chi connectivity index (χ1) is 17.4. The van der Waals surface area contributed by atoms with E-state index in [-0.39, 0.29) is 18.2 Å². The molecule has 1 aromatic heterocycles. The Bertz CT molecular complexity index is 1260. The molecular formula is C25H25F3N2O7. The van der Waals surface area contributed by atoms with E-state index in [1.54, 1.807) is 32.0 Å². The number of methoxy groups -OCH3 is 1.